The van der Waals surface area contributed by atoms with Gasteiger partial charge in [0.25, 0.3) is 15.0 Å². The van der Waals surface area contributed by atoms with Gasteiger partial charge in [-0.05, 0) is 31.2 Å². The zero-order chi connectivity index (χ0) is 14.8. The van der Waals surface area contributed by atoms with Crippen LogP contribution in [0.25, 0.3) is 0 Å². The van der Waals surface area contributed by atoms with Gasteiger partial charge in [-0.3, -0.25) is 4.79 Å². The predicted molar refractivity (Wildman–Crippen MR) is 78.0 cm³/mol. The van der Waals surface area contributed by atoms with Crippen LogP contribution >= 0.6 is 22.0 Å². The highest BCUT2D eigenvalue weighted by Gasteiger charge is 2.22. The molecule has 1 amide bonds. The predicted octanol–water partition coefficient (Wildman–Crippen LogP) is 2.14. The van der Waals surface area contributed by atoms with Crippen molar-refractivity contribution in [1.29, 1.82) is 0 Å². The zero-order valence-corrected chi connectivity index (χ0v) is 13.4. The van der Waals surface area contributed by atoms with E-state index in [1.807, 2.05) is 0 Å². The Morgan fingerprint density at radius 2 is 2.35 bits per heavy atom. The van der Waals surface area contributed by atoms with Crippen molar-refractivity contribution in [2.75, 3.05) is 19.8 Å². The van der Waals surface area contributed by atoms with Gasteiger partial charge in [0.05, 0.1) is 5.56 Å². The molecule has 20 heavy (non-hydrogen) atoms. The van der Waals surface area contributed by atoms with Gasteiger partial charge in [-0.1, -0.05) is 0 Å². The van der Waals surface area contributed by atoms with Gasteiger partial charge in [-0.25, -0.2) is 8.42 Å². The number of thiophene rings is 1. The van der Waals surface area contributed by atoms with Gasteiger partial charge < -0.3 is 10.1 Å². The maximum atomic E-state index is 12.0. The van der Waals surface area contributed by atoms with E-state index in [1.165, 1.54) is 5.38 Å². The van der Waals surface area contributed by atoms with Gasteiger partial charge in [0.1, 0.15) is 4.21 Å². The Morgan fingerprint density at radius 3 is 2.90 bits per heavy atom. The molecular formula is C12H16ClNO4S2. The van der Waals surface area contributed by atoms with Crippen molar-refractivity contribution in [3.8, 4) is 0 Å². The summed E-state index contributed by atoms with van der Waals surface area (Å²) < 4.78 is 27.9. The van der Waals surface area contributed by atoms with Crippen LogP contribution in [0.2, 0.25) is 0 Å². The average molecular weight is 338 g/mol. The smallest absolute Gasteiger partial charge is 0.271 e. The minimum Gasteiger partial charge on any atom is -0.381 e. The number of ether oxygens (including phenoxy) is 1. The van der Waals surface area contributed by atoms with Crippen molar-refractivity contribution in [3.63, 3.8) is 0 Å². The van der Waals surface area contributed by atoms with Gasteiger partial charge in [-0.15, -0.1) is 11.3 Å². The molecule has 0 saturated carbocycles. The molecule has 0 bridgehead atoms. The second-order valence-electron chi connectivity index (χ2n) is 4.77. The summed E-state index contributed by atoms with van der Waals surface area (Å²) in [6.07, 6.45) is 1.90. The van der Waals surface area contributed by atoms with E-state index in [0.717, 1.165) is 37.4 Å². The monoisotopic (exact) mass is 337 g/mol. The Hall–Kier alpha value is -0.630. The zero-order valence-electron chi connectivity index (χ0n) is 11.0. The van der Waals surface area contributed by atoms with Crippen LogP contribution in [-0.4, -0.2) is 34.1 Å². The van der Waals surface area contributed by atoms with E-state index in [0.29, 0.717) is 23.6 Å². The molecule has 2 rings (SSSR count). The summed E-state index contributed by atoms with van der Waals surface area (Å²) in [4.78, 5) is 12.0. The Balaban J connectivity index is 1.94. The number of rotatable bonds is 5. The lowest BCUT2D eigenvalue weighted by molar-refractivity contribution is 0.0950. The van der Waals surface area contributed by atoms with E-state index < -0.39 is 9.05 Å². The lowest BCUT2D eigenvalue weighted by Gasteiger charge is -2.08. The molecule has 0 spiro atoms. The van der Waals surface area contributed by atoms with Crippen LogP contribution < -0.4 is 5.32 Å². The van der Waals surface area contributed by atoms with Crippen LogP contribution in [0.1, 0.15) is 28.8 Å². The minimum atomic E-state index is -3.79. The first kappa shape index (κ1) is 15.8. The first-order chi connectivity index (χ1) is 9.39. The number of halogens is 1. The van der Waals surface area contributed by atoms with E-state index in [1.54, 1.807) is 6.92 Å². The first-order valence-electron chi connectivity index (χ1n) is 6.28. The van der Waals surface area contributed by atoms with Crippen molar-refractivity contribution in [1.82, 2.24) is 5.32 Å². The molecule has 1 fully saturated rings. The summed E-state index contributed by atoms with van der Waals surface area (Å²) in [6, 6.07) is 0. The number of carbonyl (C=O) groups is 1. The highest BCUT2D eigenvalue weighted by Crippen LogP contribution is 2.29. The highest BCUT2D eigenvalue weighted by molar-refractivity contribution is 8.15. The maximum absolute atomic E-state index is 12.0. The van der Waals surface area contributed by atoms with Crippen molar-refractivity contribution < 1.29 is 17.9 Å². The second-order valence-corrected chi connectivity index (χ2v) is 8.41. The molecule has 1 aliphatic heterocycles. The lowest BCUT2D eigenvalue weighted by atomic mass is 10.1. The Morgan fingerprint density at radius 1 is 1.60 bits per heavy atom. The number of hydrogen-bond donors (Lipinski definition) is 1. The molecule has 2 heterocycles. The standard InChI is InChI=1S/C12H16ClNO4S2/c1-8-10(7-19-12(8)20(13,16)17)11(15)14-4-2-9-3-5-18-6-9/h7,9H,2-6H2,1H3,(H,14,15). The van der Waals surface area contributed by atoms with Crippen molar-refractivity contribution in [3.05, 3.63) is 16.5 Å². The lowest BCUT2D eigenvalue weighted by Crippen LogP contribution is -2.26. The molecule has 0 aromatic carbocycles. The normalized spacial score (nSPS) is 19.2. The van der Waals surface area contributed by atoms with E-state index in [4.69, 9.17) is 15.4 Å². The van der Waals surface area contributed by atoms with Gasteiger partial charge in [0.15, 0.2) is 0 Å². The average Bonchev–Trinajstić information content (AvgIpc) is 2.97. The SMILES string of the molecule is Cc1c(C(=O)NCCC2CCOC2)csc1S(=O)(=O)Cl. The van der Waals surface area contributed by atoms with Crippen molar-refractivity contribution >= 4 is 37.0 Å². The highest BCUT2D eigenvalue weighted by atomic mass is 35.7. The summed E-state index contributed by atoms with van der Waals surface area (Å²) in [5, 5.41) is 4.33. The summed E-state index contributed by atoms with van der Waals surface area (Å²) in [5.41, 5.74) is 0.781. The van der Waals surface area contributed by atoms with E-state index >= 15 is 0 Å². The fourth-order valence-electron chi connectivity index (χ4n) is 2.16. The Kier molecular flexibility index (Phi) is 5.06. The van der Waals surface area contributed by atoms with Crippen LogP contribution in [0.15, 0.2) is 9.59 Å². The third-order valence-corrected chi connectivity index (χ3v) is 6.63. The fourth-order valence-corrected chi connectivity index (χ4v) is 4.71. The Bertz CT molecular complexity index is 591. The molecule has 1 aromatic heterocycles. The van der Waals surface area contributed by atoms with Crippen molar-refractivity contribution in [2.24, 2.45) is 5.92 Å². The van der Waals surface area contributed by atoms with E-state index in [-0.39, 0.29) is 10.1 Å². The van der Waals surface area contributed by atoms with E-state index in [2.05, 4.69) is 5.32 Å². The third kappa shape index (κ3) is 3.72. The summed E-state index contributed by atoms with van der Waals surface area (Å²) in [7, 11) is 1.52. The molecule has 1 aliphatic rings. The van der Waals surface area contributed by atoms with Crippen LogP contribution in [0.5, 0.6) is 0 Å². The van der Waals surface area contributed by atoms with Gasteiger partial charge >= 0.3 is 0 Å². The minimum absolute atomic E-state index is 0.0357. The topological polar surface area (TPSA) is 72.5 Å². The quantitative estimate of drug-likeness (QED) is 0.835. The molecular weight excluding hydrogens is 322 g/mol. The molecule has 0 aliphatic carbocycles. The van der Waals surface area contributed by atoms with Crippen LogP contribution in [-0.2, 0) is 13.8 Å². The largest absolute Gasteiger partial charge is 0.381 e. The molecule has 1 N–H and O–H groups in total. The van der Waals surface area contributed by atoms with Gasteiger partial charge in [0, 0.05) is 35.8 Å². The first-order valence-corrected chi connectivity index (χ1v) is 9.47. The number of hydrogen-bond acceptors (Lipinski definition) is 5. The van der Waals surface area contributed by atoms with E-state index in [9.17, 15) is 13.2 Å². The van der Waals surface area contributed by atoms with Crippen LogP contribution in [0, 0.1) is 12.8 Å². The third-order valence-electron chi connectivity index (χ3n) is 3.32. The summed E-state index contributed by atoms with van der Waals surface area (Å²) in [6.45, 7) is 3.69. The van der Waals surface area contributed by atoms with Crippen molar-refractivity contribution in [2.45, 2.75) is 24.0 Å². The van der Waals surface area contributed by atoms with Crippen LogP contribution in [0.4, 0.5) is 0 Å². The Labute approximate surface area is 126 Å². The molecule has 0 radical (unpaired) electrons. The fraction of sp³-hybridized carbons (Fsp3) is 0.583. The molecule has 112 valence electrons. The molecule has 8 heteroatoms. The molecule has 5 nitrogen and oxygen atoms in total. The number of nitrogens with one attached hydrogen (secondary N) is 1. The van der Waals surface area contributed by atoms with Crippen LogP contribution in [0.3, 0.4) is 0 Å². The summed E-state index contributed by atoms with van der Waals surface area (Å²) >= 11 is 0.969. The van der Waals surface area contributed by atoms with Gasteiger partial charge in [0.2, 0.25) is 0 Å². The summed E-state index contributed by atoms with van der Waals surface area (Å²) in [5.74, 6) is 0.238. The molecule has 1 unspecified atom stereocenters. The number of amides is 1. The molecule has 1 atom stereocenters. The van der Waals surface area contributed by atoms with Gasteiger partial charge in [-0.2, -0.15) is 0 Å². The maximum Gasteiger partial charge on any atom is 0.271 e. The number of carbonyl (C=O) groups excluding carboxylic acids is 1. The second kappa shape index (κ2) is 6.43. The molecule has 1 aromatic rings. The molecule has 1 saturated heterocycles.